The summed E-state index contributed by atoms with van der Waals surface area (Å²) in [5.41, 5.74) is 6.33. The van der Waals surface area contributed by atoms with Gasteiger partial charge in [0.25, 0.3) is 0 Å². The molecule has 0 aliphatic carbocycles. The van der Waals surface area contributed by atoms with Crippen LogP contribution < -0.4 is 5.73 Å². The van der Waals surface area contributed by atoms with Gasteiger partial charge in [-0.2, -0.15) is 0 Å². The monoisotopic (exact) mass is 227 g/mol. The van der Waals surface area contributed by atoms with Crippen LogP contribution in [0.2, 0.25) is 0 Å². The molecule has 0 amide bonds. The first-order valence-corrected chi connectivity index (χ1v) is 6.82. The lowest BCUT2D eigenvalue weighted by molar-refractivity contribution is 0.0284. The van der Waals surface area contributed by atoms with E-state index in [1.165, 1.54) is 38.8 Å². The smallest absolute Gasteiger partial charge is 0.0458 e. The van der Waals surface area contributed by atoms with Crippen molar-refractivity contribution in [2.24, 2.45) is 5.73 Å². The molecule has 0 aromatic heterocycles. The van der Waals surface area contributed by atoms with Crippen molar-refractivity contribution in [3.8, 4) is 0 Å². The zero-order valence-electron chi connectivity index (χ0n) is 11.3. The minimum Gasteiger partial charge on any atom is -0.329 e. The van der Waals surface area contributed by atoms with Gasteiger partial charge in [-0.05, 0) is 45.9 Å². The maximum Gasteiger partial charge on any atom is 0.0458 e. The average molecular weight is 227 g/mol. The van der Waals surface area contributed by atoms with Gasteiger partial charge in [-0.3, -0.25) is 4.90 Å². The maximum atomic E-state index is 6.08. The highest BCUT2D eigenvalue weighted by molar-refractivity contribution is 4.96. The van der Waals surface area contributed by atoms with Crippen molar-refractivity contribution in [1.82, 2.24) is 9.80 Å². The Kier molecular flexibility index (Phi) is 5.73. The summed E-state index contributed by atoms with van der Waals surface area (Å²) in [5.74, 6) is 0. The number of unbranched alkanes of at least 4 members (excludes halogenated alkanes) is 1. The van der Waals surface area contributed by atoms with Crippen LogP contribution in [0.5, 0.6) is 0 Å². The number of likely N-dealkylation sites (N-methyl/N-ethyl adjacent to an activating group) is 2. The van der Waals surface area contributed by atoms with Crippen LogP contribution in [-0.2, 0) is 0 Å². The first-order valence-electron chi connectivity index (χ1n) is 6.82. The molecule has 16 heavy (non-hydrogen) atoms. The van der Waals surface area contributed by atoms with Crippen LogP contribution in [0.15, 0.2) is 0 Å². The highest BCUT2D eigenvalue weighted by atomic mass is 15.3. The number of likely N-dealkylation sites (tertiary alicyclic amines) is 1. The van der Waals surface area contributed by atoms with Crippen LogP contribution in [0.4, 0.5) is 0 Å². The Balaban J connectivity index is 2.66. The third-order valence-electron chi connectivity index (χ3n) is 3.96. The van der Waals surface area contributed by atoms with E-state index in [2.05, 4.69) is 30.7 Å². The Morgan fingerprint density at radius 1 is 1.38 bits per heavy atom. The quantitative estimate of drug-likeness (QED) is 0.747. The van der Waals surface area contributed by atoms with Crippen LogP contribution in [0.25, 0.3) is 0 Å². The lowest BCUT2D eigenvalue weighted by Crippen LogP contribution is -2.62. The van der Waals surface area contributed by atoms with Crippen molar-refractivity contribution in [2.75, 3.05) is 39.8 Å². The molecule has 2 N–H and O–H groups in total. The van der Waals surface area contributed by atoms with Gasteiger partial charge in [0.15, 0.2) is 0 Å². The summed E-state index contributed by atoms with van der Waals surface area (Å²) < 4.78 is 0. The van der Waals surface area contributed by atoms with E-state index in [0.29, 0.717) is 0 Å². The van der Waals surface area contributed by atoms with Crippen molar-refractivity contribution < 1.29 is 0 Å². The van der Waals surface area contributed by atoms with Crippen LogP contribution >= 0.6 is 0 Å². The number of hydrogen-bond acceptors (Lipinski definition) is 3. The zero-order chi connectivity index (χ0) is 12.0. The van der Waals surface area contributed by atoms with Crippen molar-refractivity contribution in [3.63, 3.8) is 0 Å². The van der Waals surface area contributed by atoms with Gasteiger partial charge in [0.05, 0.1) is 0 Å². The zero-order valence-corrected chi connectivity index (χ0v) is 11.3. The Hall–Kier alpha value is -0.120. The van der Waals surface area contributed by atoms with Gasteiger partial charge in [-0.1, -0.05) is 20.3 Å². The standard InChI is InChI=1S/C13H29N3/c1-4-6-10-16(5-2)13(11-14)8-7-9-15(3)12-13/h4-12,14H2,1-3H3. The Morgan fingerprint density at radius 2 is 2.12 bits per heavy atom. The SMILES string of the molecule is CCCCN(CC)C1(CN)CCCN(C)C1. The van der Waals surface area contributed by atoms with E-state index in [1.807, 2.05) is 0 Å². The van der Waals surface area contributed by atoms with Gasteiger partial charge in [-0.25, -0.2) is 0 Å². The number of nitrogens with two attached hydrogens (primary N) is 1. The second-order valence-electron chi connectivity index (χ2n) is 5.20. The van der Waals surface area contributed by atoms with Crippen molar-refractivity contribution >= 4 is 0 Å². The molecule has 0 spiro atoms. The highest BCUT2D eigenvalue weighted by Crippen LogP contribution is 2.26. The molecule has 0 aromatic rings. The molecule has 1 saturated heterocycles. The fourth-order valence-corrected chi connectivity index (χ4v) is 2.97. The normalized spacial score (nSPS) is 27.6. The second-order valence-corrected chi connectivity index (χ2v) is 5.20. The Morgan fingerprint density at radius 3 is 2.62 bits per heavy atom. The van der Waals surface area contributed by atoms with Crippen LogP contribution in [0, 0.1) is 0 Å². The molecular weight excluding hydrogens is 198 g/mol. The molecule has 1 atom stereocenters. The summed E-state index contributed by atoms with van der Waals surface area (Å²) in [7, 11) is 2.22. The molecule has 96 valence electrons. The van der Waals surface area contributed by atoms with E-state index in [9.17, 15) is 0 Å². The number of rotatable bonds is 6. The fourth-order valence-electron chi connectivity index (χ4n) is 2.97. The van der Waals surface area contributed by atoms with Gasteiger partial charge < -0.3 is 10.6 Å². The predicted octanol–water partition coefficient (Wildman–Crippen LogP) is 1.53. The predicted molar refractivity (Wildman–Crippen MR) is 70.7 cm³/mol. The lowest BCUT2D eigenvalue weighted by Gasteiger charge is -2.48. The Bertz CT molecular complexity index is 196. The van der Waals surface area contributed by atoms with Crippen molar-refractivity contribution in [1.29, 1.82) is 0 Å². The molecule has 1 heterocycles. The maximum absolute atomic E-state index is 6.08. The third-order valence-corrected chi connectivity index (χ3v) is 3.96. The van der Waals surface area contributed by atoms with E-state index in [0.717, 1.165) is 19.6 Å². The first kappa shape index (κ1) is 13.9. The molecule has 1 rings (SSSR count). The molecule has 1 aliphatic rings. The molecule has 0 saturated carbocycles. The molecule has 0 radical (unpaired) electrons. The van der Waals surface area contributed by atoms with Gasteiger partial charge >= 0.3 is 0 Å². The van der Waals surface area contributed by atoms with E-state index in [1.54, 1.807) is 0 Å². The van der Waals surface area contributed by atoms with Gasteiger partial charge in [-0.15, -0.1) is 0 Å². The average Bonchev–Trinajstić information content (AvgIpc) is 2.30. The molecule has 1 fully saturated rings. The van der Waals surface area contributed by atoms with Crippen LogP contribution in [-0.4, -0.2) is 55.1 Å². The third kappa shape index (κ3) is 3.19. The largest absolute Gasteiger partial charge is 0.329 e. The van der Waals surface area contributed by atoms with Crippen molar-refractivity contribution in [3.05, 3.63) is 0 Å². The molecule has 0 aromatic carbocycles. The van der Waals surface area contributed by atoms with E-state index in [4.69, 9.17) is 5.73 Å². The van der Waals surface area contributed by atoms with Crippen LogP contribution in [0.3, 0.4) is 0 Å². The van der Waals surface area contributed by atoms with E-state index >= 15 is 0 Å². The molecule has 1 unspecified atom stereocenters. The lowest BCUT2D eigenvalue weighted by atomic mass is 9.87. The van der Waals surface area contributed by atoms with Gasteiger partial charge in [0.2, 0.25) is 0 Å². The van der Waals surface area contributed by atoms with Gasteiger partial charge in [0, 0.05) is 18.6 Å². The fraction of sp³-hybridized carbons (Fsp3) is 1.00. The highest BCUT2D eigenvalue weighted by Gasteiger charge is 2.37. The summed E-state index contributed by atoms with van der Waals surface area (Å²) >= 11 is 0. The summed E-state index contributed by atoms with van der Waals surface area (Å²) in [6.45, 7) is 10.0. The molecule has 3 nitrogen and oxygen atoms in total. The molecule has 3 heteroatoms. The number of hydrogen-bond donors (Lipinski definition) is 1. The molecule has 0 bridgehead atoms. The Labute approximate surface area is 101 Å². The minimum absolute atomic E-state index is 0.247. The molecule has 1 aliphatic heterocycles. The van der Waals surface area contributed by atoms with Gasteiger partial charge in [0.1, 0.15) is 0 Å². The van der Waals surface area contributed by atoms with E-state index < -0.39 is 0 Å². The molecular formula is C13H29N3. The second kappa shape index (κ2) is 6.58. The summed E-state index contributed by atoms with van der Waals surface area (Å²) in [4.78, 5) is 5.05. The topological polar surface area (TPSA) is 32.5 Å². The minimum atomic E-state index is 0.247. The number of nitrogens with zero attached hydrogens (tertiary/aromatic N) is 2. The summed E-state index contributed by atoms with van der Waals surface area (Å²) in [5, 5.41) is 0. The van der Waals surface area contributed by atoms with Crippen LogP contribution in [0.1, 0.15) is 39.5 Å². The summed E-state index contributed by atoms with van der Waals surface area (Å²) in [6, 6.07) is 0. The van der Waals surface area contributed by atoms with E-state index in [-0.39, 0.29) is 5.54 Å². The first-order chi connectivity index (χ1) is 7.68. The van der Waals surface area contributed by atoms with Crippen molar-refractivity contribution in [2.45, 2.75) is 45.1 Å². The number of piperidine rings is 1. The summed E-state index contributed by atoms with van der Waals surface area (Å²) in [6.07, 6.45) is 5.12.